The van der Waals surface area contributed by atoms with E-state index in [4.69, 9.17) is 11.6 Å². The molecule has 7 nitrogen and oxygen atoms in total. The lowest BCUT2D eigenvalue weighted by Gasteiger charge is -2.22. The first-order valence-corrected chi connectivity index (χ1v) is 14.6. The number of carbonyl (C=O) groups excluding carboxylic acids is 1. The number of nitrogens with zero attached hydrogens (tertiary/aromatic N) is 3. The van der Waals surface area contributed by atoms with Gasteiger partial charge in [0.2, 0.25) is 10.0 Å². The van der Waals surface area contributed by atoms with Crippen LogP contribution in [0.15, 0.2) is 77.9 Å². The van der Waals surface area contributed by atoms with Crippen molar-refractivity contribution in [1.82, 2.24) is 9.99 Å². The summed E-state index contributed by atoms with van der Waals surface area (Å²) >= 11 is 5.94. The minimum atomic E-state index is -3.56. The molecule has 4 rings (SSSR count). The second kappa shape index (κ2) is 11.5. The monoisotopic (exact) mass is 562 g/mol. The maximum absolute atomic E-state index is 12.7. The number of sulfonamides is 1. The Labute approximate surface area is 234 Å². The third-order valence-electron chi connectivity index (χ3n) is 6.65. The molecule has 202 valence electrons. The van der Waals surface area contributed by atoms with E-state index in [0.717, 1.165) is 34.5 Å². The predicted molar refractivity (Wildman–Crippen MR) is 159 cm³/mol. The molecule has 0 aliphatic heterocycles. The molecule has 0 bridgehead atoms. The molecule has 0 unspecified atom stereocenters. The Hall–Kier alpha value is -3.88. The molecule has 0 radical (unpaired) electrons. The van der Waals surface area contributed by atoms with Crippen LogP contribution in [0.3, 0.4) is 0 Å². The number of carbonyl (C=O) groups is 1. The second-order valence-electron chi connectivity index (χ2n) is 9.57. The molecule has 9 heteroatoms. The molecule has 0 spiro atoms. The molecule has 1 N–H and O–H groups in total. The molecule has 3 aromatic carbocycles. The highest BCUT2D eigenvalue weighted by molar-refractivity contribution is 7.92. The normalized spacial score (nSPS) is 11.6. The van der Waals surface area contributed by atoms with Crippen LogP contribution in [0.25, 0.3) is 5.69 Å². The van der Waals surface area contributed by atoms with Gasteiger partial charge in [0.1, 0.15) is 0 Å². The Balaban J connectivity index is 1.46. The average Bonchev–Trinajstić information content (AvgIpc) is 3.17. The van der Waals surface area contributed by atoms with E-state index < -0.39 is 15.9 Å². The third-order valence-corrected chi connectivity index (χ3v) is 8.04. The number of rotatable bonds is 8. The van der Waals surface area contributed by atoms with Gasteiger partial charge in [0.05, 0.1) is 24.7 Å². The summed E-state index contributed by atoms with van der Waals surface area (Å²) in [5, 5.41) is 4.74. The van der Waals surface area contributed by atoms with E-state index >= 15 is 0 Å². The van der Waals surface area contributed by atoms with E-state index in [1.54, 1.807) is 54.7 Å². The Morgan fingerprint density at radius 1 is 0.949 bits per heavy atom. The van der Waals surface area contributed by atoms with Crippen molar-refractivity contribution in [2.75, 3.05) is 10.6 Å². The van der Waals surface area contributed by atoms with E-state index in [1.165, 1.54) is 15.4 Å². The number of benzene rings is 3. The van der Waals surface area contributed by atoms with Crippen molar-refractivity contribution in [3.8, 4) is 5.69 Å². The van der Waals surface area contributed by atoms with Crippen molar-refractivity contribution >= 4 is 39.4 Å². The zero-order valence-electron chi connectivity index (χ0n) is 22.6. The number of hydrogen-bond acceptors (Lipinski definition) is 4. The Kier molecular flexibility index (Phi) is 8.28. The largest absolute Gasteiger partial charge is 0.318 e. The topological polar surface area (TPSA) is 83.8 Å². The second-order valence-corrected chi connectivity index (χ2v) is 11.9. The van der Waals surface area contributed by atoms with Crippen LogP contribution in [0.2, 0.25) is 5.02 Å². The quantitative estimate of drug-likeness (QED) is 0.208. The van der Waals surface area contributed by atoms with Gasteiger partial charge in [-0.05, 0) is 99.0 Å². The fraction of sp³-hybridized carbons (Fsp3) is 0.200. The number of aryl methyl sites for hydroxylation is 3. The van der Waals surface area contributed by atoms with Gasteiger partial charge in [-0.15, -0.1) is 0 Å². The lowest BCUT2D eigenvalue weighted by molar-refractivity contribution is 0.0955. The third kappa shape index (κ3) is 6.58. The minimum Gasteiger partial charge on any atom is -0.318 e. The molecule has 1 heterocycles. The van der Waals surface area contributed by atoms with Gasteiger partial charge >= 0.3 is 0 Å². The molecule has 1 aromatic heterocycles. The van der Waals surface area contributed by atoms with Crippen LogP contribution in [0.1, 0.15) is 44.0 Å². The maximum atomic E-state index is 12.7. The van der Waals surface area contributed by atoms with Gasteiger partial charge in [-0.1, -0.05) is 29.8 Å². The van der Waals surface area contributed by atoms with Gasteiger partial charge in [0.25, 0.3) is 5.91 Å². The van der Waals surface area contributed by atoms with Crippen LogP contribution in [-0.2, 0) is 16.6 Å². The number of amides is 1. The lowest BCUT2D eigenvalue weighted by Crippen LogP contribution is -2.29. The van der Waals surface area contributed by atoms with Crippen LogP contribution < -0.4 is 9.73 Å². The zero-order valence-corrected chi connectivity index (χ0v) is 24.1. The van der Waals surface area contributed by atoms with E-state index in [9.17, 15) is 13.2 Å². The molecule has 39 heavy (non-hydrogen) atoms. The predicted octanol–water partition coefficient (Wildman–Crippen LogP) is 6.09. The van der Waals surface area contributed by atoms with Gasteiger partial charge < -0.3 is 4.57 Å². The van der Waals surface area contributed by atoms with E-state index in [2.05, 4.69) is 47.1 Å². The van der Waals surface area contributed by atoms with Crippen LogP contribution in [0.5, 0.6) is 0 Å². The highest BCUT2D eigenvalue weighted by atomic mass is 35.5. The molecule has 0 saturated carbocycles. The molecule has 0 saturated heterocycles. The summed E-state index contributed by atoms with van der Waals surface area (Å²) < 4.78 is 28.4. The summed E-state index contributed by atoms with van der Waals surface area (Å²) in [6.45, 7) is 8.38. The highest BCUT2D eigenvalue weighted by Crippen LogP contribution is 2.23. The number of anilines is 1. The molecule has 1 amide bonds. The summed E-state index contributed by atoms with van der Waals surface area (Å²) in [6, 6.07) is 21.7. The van der Waals surface area contributed by atoms with Crippen molar-refractivity contribution in [1.29, 1.82) is 0 Å². The molecular formula is C30H31ClN4O3S. The number of nitrogens with one attached hydrogen (secondary N) is 1. The minimum absolute atomic E-state index is 0.145. The van der Waals surface area contributed by atoms with Crippen molar-refractivity contribution in [2.24, 2.45) is 5.10 Å². The number of aromatic nitrogens is 1. The number of hydrazone groups is 1. The smallest absolute Gasteiger partial charge is 0.271 e. The Morgan fingerprint density at radius 2 is 1.62 bits per heavy atom. The van der Waals surface area contributed by atoms with Gasteiger partial charge in [-0.3, -0.25) is 9.10 Å². The Bertz CT molecular complexity index is 1640. The van der Waals surface area contributed by atoms with Crippen molar-refractivity contribution in [3.63, 3.8) is 0 Å². The standard InChI is InChI=1S/C30H31ClN4O3S/c1-20-6-13-29(16-21(20)2)35-22(3)17-26(23(35)4)18-32-33-30(36)25-9-14-28(15-10-25)34(39(5,37)38)19-24-7-11-27(31)12-8-24/h6-18H,19H2,1-5H3,(H,33,36)/b32-18+. The maximum Gasteiger partial charge on any atom is 0.271 e. The Morgan fingerprint density at radius 3 is 2.23 bits per heavy atom. The van der Waals surface area contributed by atoms with Crippen LogP contribution in [0.4, 0.5) is 5.69 Å². The van der Waals surface area contributed by atoms with Crippen molar-refractivity contribution < 1.29 is 13.2 Å². The lowest BCUT2D eigenvalue weighted by atomic mass is 10.1. The summed E-state index contributed by atoms with van der Waals surface area (Å²) in [7, 11) is -3.56. The summed E-state index contributed by atoms with van der Waals surface area (Å²) in [5.41, 5.74) is 10.7. The first-order chi connectivity index (χ1) is 18.4. The molecule has 0 atom stereocenters. The first kappa shape index (κ1) is 28.1. The van der Waals surface area contributed by atoms with Gasteiger partial charge in [-0.25, -0.2) is 13.8 Å². The fourth-order valence-corrected chi connectivity index (χ4v) is 5.35. The van der Waals surface area contributed by atoms with Crippen LogP contribution >= 0.6 is 11.6 Å². The fourth-order valence-electron chi connectivity index (χ4n) is 4.34. The van der Waals surface area contributed by atoms with Gasteiger partial charge in [0, 0.05) is 33.2 Å². The molecule has 0 fully saturated rings. The van der Waals surface area contributed by atoms with Crippen LogP contribution in [0, 0.1) is 27.7 Å². The highest BCUT2D eigenvalue weighted by Gasteiger charge is 2.18. The molecule has 0 aliphatic rings. The van der Waals surface area contributed by atoms with Crippen LogP contribution in [-0.4, -0.2) is 31.4 Å². The molecular weight excluding hydrogens is 532 g/mol. The average molecular weight is 563 g/mol. The van der Waals surface area contributed by atoms with E-state index in [1.807, 2.05) is 19.9 Å². The van der Waals surface area contributed by atoms with E-state index in [-0.39, 0.29) is 6.54 Å². The molecule has 4 aromatic rings. The van der Waals surface area contributed by atoms with E-state index in [0.29, 0.717) is 16.3 Å². The van der Waals surface area contributed by atoms with Crippen molar-refractivity contribution in [2.45, 2.75) is 34.2 Å². The van der Waals surface area contributed by atoms with Crippen molar-refractivity contribution in [3.05, 3.63) is 117 Å². The first-order valence-electron chi connectivity index (χ1n) is 12.4. The number of hydrogen-bond donors (Lipinski definition) is 1. The summed E-state index contributed by atoms with van der Waals surface area (Å²) in [4.78, 5) is 12.7. The van der Waals surface area contributed by atoms with Gasteiger partial charge in [-0.2, -0.15) is 5.10 Å². The SMILES string of the molecule is Cc1ccc(-n2c(C)cc(/C=N/NC(=O)c3ccc(N(Cc4ccc(Cl)cc4)S(C)(=O)=O)cc3)c2C)cc1C. The van der Waals surface area contributed by atoms with Gasteiger partial charge in [0.15, 0.2) is 0 Å². The summed E-state index contributed by atoms with van der Waals surface area (Å²) in [6.07, 6.45) is 2.78. The number of halogens is 1. The summed E-state index contributed by atoms with van der Waals surface area (Å²) in [5.74, 6) is -0.399. The molecule has 0 aliphatic carbocycles. The zero-order chi connectivity index (χ0) is 28.3.